The first-order valence-corrected chi connectivity index (χ1v) is 7.25. The van der Waals surface area contributed by atoms with Crippen molar-refractivity contribution in [3.8, 4) is 0 Å². The Balaban J connectivity index is 1.64. The molecule has 0 atom stereocenters. The van der Waals surface area contributed by atoms with Crippen molar-refractivity contribution in [3.63, 3.8) is 0 Å². The molecule has 5 nitrogen and oxygen atoms in total. The summed E-state index contributed by atoms with van der Waals surface area (Å²) in [7, 11) is 0. The Morgan fingerprint density at radius 3 is 2.48 bits per heavy atom. The van der Waals surface area contributed by atoms with Crippen molar-refractivity contribution < 1.29 is 4.79 Å². The van der Waals surface area contributed by atoms with E-state index in [1.54, 1.807) is 12.1 Å². The van der Waals surface area contributed by atoms with Crippen LogP contribution in [0.5, 0.6) is 0 Å². The average molecular weight is 282 g/mol. The Morgan fingerprint density at radius 1 is 1.14 bits per heavy atom. The molecular formula is C16H18N4O. The molecule has 5 heteroatoms. The number of aryl methyl sites for hydroxylation is 1. The summed E-state index contributed by atoms with van der Waals surface area (Å²) in [5.74, 6) is 0.478. The van der Waals surface area contributed by atoms with E-state index in [4.69, 9.17) is 0 Å². The van der Waals surface area contributed by atoms with Crippen LogP contribution in [0, 0.1) is 0 Å². The lowest BCUT2D eigenvalue weighted by atomic mass is 10.1. The number of rotatable bonds is 5. The Bertz CT molecular complexity index is 618. The first-order chi connectivity index (χ1) is 10.2. The van der Waals surface area contributed by atoms with Crippen molar-refractivity contribution in [3.05, 3.63) is 47.7 Å². The molecule has 108 valence electrons. The lowest BCUT2D eigenvalue weighted by Gasteiger charge is -2.06. The van der Waals surface area contributed by atoms with Gasteiger partial charge in [-0.15, -0.1) is 10.2 Å². The fourth-order valence-electron chi connectivity index (χ4n) is 1.98. The van der Waals surface area contributed by atoms with Gasteiger partial charge in [-0.1, -0.05) is 19.1 Å². The van der Waals surface area contributed by atoms with Crippen LogP contribution in [0.4, 0.5) is 11.5 Å². The topological polar surface area (TPSA) is 66.9 Å². The fraction of sp³-hybridized carbons (Fsp3) is 0.312. The van der Waals surface area contributed by atoms with Gasteiger partial charge in [0.15, 0.2) is 11.5 Å². The predicted molar refractivity (Wildman–Crippen MR) is 81.6 cm³/mol. The second-order valence-electron chi connectivity index (χ2n) is 5.23. The van der Waals surface area contributed by atoms with Crippen LogP contribution in [0.1, 0.15) is 35.8 Å². The number of benzene rings is 1. The van der Waals surface area contributed by atoms with Gasteiger partial charge in [0.2, 0.25) is 0 Å². The SMILES string of the molecule is CCc1ccc(Nc2ccc(C(=O)NC3CC3)nn2)cc1. The number of amides is 1. The Hall–Kier alpha value is -2.43. The van der Waals surface area contributed by atoms with Gasteiger partial charge >= 0.3 is 0 Å². The van der Waals surface area contributed by atoms with Crippen molar-refractivity contribution in [2.45, 2.75) is 32.2 Å². The van der Waals surface area contributed by atoms with Crippen LogP contribution < -0.4 is 10.6 Å². The number of nitrogens with one attached hydrogen (secondary N) is 2. The molecule has 1 fully saturated rings. The van der Waals surface area contributed by atoms with Crippen LogP contribution >= 0.6 is 0 Å². The summed E-state index contributed by atoms with van der Waals surface area (Å²) in [5.41, 5.74) is 2.60. The van der Waals surface area contributed by atoms with Crippen LogP contribution in [-0.2, 0) is 6.42 Å². The molecule has 1 amide bonds. The molecule has 21 heavy (non-hydrogen) atoms. The standard InChI is InChI=1S/C16H18N4O/c1-2-11-3-5-12(6-4-11)17-15-10-9-14(19-20-15)16(21)18-13-7-8-13/h3-6,9-10,13H,2,7-8H2,1H3,(H,17,20)(H,18,21). The van der Waals surface area contributed by atoms with E-state index in [0.29, 0.717) is 17.6 Å². The minimum absolute atomic E-state index is 0.149. The summed E-state index contributed by atoms with van der Waals surface area (Å²) >= 11 is 0. The maximum absolute atomic E-state index is 11.8. The Kier molecular flexibility index (Phi) is 3.81. The molecule has 1 aromatic carbocycles. The molecule has 2 aromatic rings. The summed E-state index contributed by atoms with van der Waals surface area (Å²) in [6, 6.07) is 12.0. The van der Waals surface area contributed by atoms with Gasteiger partial charge in [0.1, 0.15) is 0 Å². The van der Waals surface area contributed by atoms with Crippen LogP contribution in [0.25, 0.3) is 0 Å². The third-order valence-electron chi connectivity index (χ3n) is 3.44. The van der Waals surface area contributed by atoms with Crippen LogP contribution in [0.15, 0.2) is 36.4 Å². The second kappa shape index (κ2) is 5.91. The van der Waals surface area contributed by atoms with Gasteiger partial charge < -0.3 is 10.6 Å². The monoisotopic (exact) mass is 282 g/mol. The highest BCUT2D eigenvalue weighted by atomic mass is 16.2. The number of carbonyl (C=O) groups excluding carboxylic acids is 1. The van der Waals surface area contributed by atoms with E-state index in [1.165, 1.54) is 5.56 Å². The first kappa shape index (κ1) is 13.5. The molecule has 1 aromatic heterocycles. The summed E-state index contributed by atoms with van der Waals surface area (Å²) in [5, 5.41) is 14.1. The maximum atomic E-state index is 11.8. The molecule has 0 unspecified atom stereocenters. The third-order valence-corrected chi connectivity index (χ3v) is 3.44. The van der Waals surface area contributed by atoms with E-state index >= 15 is 0 Å². The number of hydrogen-bond donors (Lipinski definition) is 2. The highest BCUT2D eigenvalue weighted by Gasteiger charge is 2.24. The van der Waals surface area contributed by atoms with Crippen LogP contribution in [-0.4, -0.2) is 22.1 Å². The van der Waals surface area contributed by atoms with E-state index in [-0.39, 0.29) is 5.91 Å². The second-order valence-corrected chi connectivity index (χ2v) is 5.23. The minimum atomic E-state index is -0.149. The predicted octanol–water partition coefficient (Wildman–Crippen LogP) is 2.67. The van der Waals surface area contributed by atoms with E-state index in [1.807, 2.05) is 12.1 Å². The third kappa shape index (κ3) is 3.56. The van der Waals surface area contributed by atoms with Crippen molar-refractivity contribution in [2.24, 2.45) is 0 Å². The molecule has 0 aliphatic heterocycles. The van der Waals surface area contributed by atoms with Crippen LogP contribution in [0.2, 0.25) is 0 Å². The van der Waals surface area contributed by atoms with Crippen molar-refractivity contribution in [1.29, 1.82) is 0 Å². The van der Waals surface area contributed by atoms with Gasteiger partial charge in [-0.05, 0) is 49.1 Å². The largest absolute Gasteiger partial charge is 0.348 e. The molecule has 1 saturated carbocycles. The molecule has 0 bridgehead atoms. The zero-order valence-electron chi connectivity index (χ0n) is 12.0. The van der Waals surface area contributed by atoms with E-state index in [2.05, 4.69) is 39.9 Å². The number of carbonyl (C=O) groups is 1. The molecule has 0 spiro atoms. The maximum Gasteiger partial charge on any atom is 0.272 e. The number of hydrogen-bond acceptors (Lipinski definition) is 4. The fourth-order valence-corrected chi connectivity index (χ4v) is 1.98. The van der Waals surface area contributed by atoms with Crippen molar-refractivity contribution in [1.82, 2.24) is 15.5 Å². The molecule has 0 radical (unpaired) electrons. The normalized spacial score (nSPS) is 13.8. The van der Waals surface area contributed by atoms with Crippen molar-refractivity contribution >= 4 is 17.4 Å². The van der Waals surface area contributed by atoms with E-state index in [0.717, 1.165) is 24.9 Å². The summed E-state index contributed by atoms with van der Waals surface area (Å²) in [6.07, 6.45) is 3.14. The van der Waals surface area contributed by atoms with E-state index in [9.17, 15) is 4.79 Å². The van der Waals surface area contributed by atoms with Gasteiger partial charge in [0.25, 0.3) is 5.91 Å². The zero-order valence-corrected chi connectivity index (χ0v) is 12.0. The lowest BCUT2D eigenvalue weighted by molar-refractivity contribution is 0.0945. The Morgan fingerprint density at radius 2 is 1.90 bits per heavy atom. The number of anilines is 2. The lowest BCUT2D eigenvalue weighted by Crippen LogP contribution is -2.26. The first-order valence-electron chi connectivity index (χ1n) is 7.25. The van der Waals surface area contributed by atoms with E-state index < -0.39 is 0 Å². The van der Waals surface area contributed by atoms with Gasteiger partial charge in [0.05, 0.1) is 0 Å². The molecule has 2 N–H and O–H groups in total. The van der Waals surface area contributed by atoms with Crippen molar-refractivity contribution in [2.75, 3.05) is 5.32 Å². The van der Waals surface area contributed by atoms with Crippen LogP contribution in [0.3, 0.4) is 0 Å². The average Bonchev–Trinajstić information content (AvgIpc) is 3.33. The Labute approximate surface area is 123 Å². The quantitative estimate of drug-likeness (QED) is 0.884. The van der Waals surface area contributed by atoms with Gasteiger partial charge in [-0.25, -0.2) is 0 Å². The molecule has 0 saturated heterocycles. The summed E-state index contributed by atoms with van der Waals surface area (Å²) in [6.45, 7) is 2.12. The molecule has 1 aliphatic carbocycles. The zero-order chi connectivity index (χ0) is 14.7. The minimum Gasteiger partial charge on any atom is -0.348 e. The van der Waals surface area contributed by atoms with Gasteiger partial charge in [-0.2, -0.15) is 0 Å². The molecule has 1 aliphatic rings. The summed E-state index contributed by atoms with van der Waals surface area (Å²) < 4.78 is 0. The number of nitrogens with zero attached hydrogens (tertiary/aromatic N) is 2. The van der Waals surface area contributed by atoms with Gasteiger partial charge in [-0.3, -0.25) is 4.79 Å². The highest BCUT2D eigenvalue weighted by Crippen LogP contribution is 2.19. The smallest absolute Gasteiger partial charge is 0.272 e. The highest BCUT2D eigenvalue weighted by molar-refractivity contribution is 5.92. The molecule has 1 heterocycles. The molecule has 3 rings (SSSR count). The molecular weight excluding hydrogens is 264 g/mol. The summed E-state index contributed by atoms with van der Waals surface area (Å²) in [4.78, 5) is 11.8. The van der Waals surface area contributed by atoms with Gasteiger partial charge in [0, 0.05) is 11.7 Å². The number of aromatic nitrogens is 2.